The zero-order chi connectivity index (χ0) is 13.9. The highest BCUT2D eigenvalue weighted by Crippen LogP contribution is 2.23. The molecule has 1 aliphatic rings. The molecule has 0 aromatic heterocycles. The molecule has 1 atom stereocenters. The van der Waals surface area contributed by atoms with Crippen LogP contribution in [0.15, 0.2) is 0 Å². The number of hydrogen-bond acceptors (Lipinski definition) is 2. The lowest BCUT2D eigenvalue weighted by Crippen LogP contribution is -2.44. The summed E-state index contributed by atoms with van der Waals surface area (Å²) in [4.78, 5) is 2.62. The van der Waals surface area contributed by atoms with Crippen LogP contribution in [0.4, 0.5) is 0 Å². The van der Waals surface area contributed by atoms with Crippen LogP contribution in [0.3, 0.4) is 0 Å². The molecule has 2 nitrogen and oxygen atoms in total. The van der Waals surface area contributed by atoms with E-state index in [1.165, 1.54) is 77.0 Å². The zero-order valence-corrected chi connectivity index (χ0v) is 13.4. The van der Waals surface area contributed by atoms with Gasteiger partial charge in [-0.05, 0) is 26.3 Å². The lowest BCUT2D eigenvalue weighted by atomic mass is 10.0. The van der Waals surface area contributed by atoms with Crippen molar-refractivity contribution < 1.29 is 0 Å². The fourth-order valence-electron chi connectivity index (χ4n) is 3.43. The third-order valence-corrected chi connectivity index (χ3v) is 4.89. The molecule has 1 aliphatic carbocycles. The largest absolute Gasteiger partial charge is 0.329 e. The van der Waals surface area contributed by atoms with Gasteiger partial charge in [-0.1, -0.05) is 64.7 Å². The lowest BCUT2D eigenvalue weighted by Gasteiger charge is -2.34. The summed E-state index contributed by atoms with van der Waals surface area (Å²) in [6.45, 7) is 3.11. The Bertz CT molecular complexity index is 197. The van der Waals surface area contributed by atoms with Crippen LogP contribution in [0.2, 0.25) is 0 Å². The second-order valence-electron chi connectivity index (χ2n) is 6.40. The van der Waals surface area contributed by atoms with Crippen LogP contribution in [0.5, 0.6) is 0 Å². The van der Waals surface area contributed by atoms with Crippen LogP contribution >= 0.6 is 0 Å². The van der Waals surface area contributed by atoms with Crippen molar-refractivity contribution in [3.8, 4) is 0 Å². The van der Waals surface area contributed by atoms with E-state index in [1.807, 2.05) is 0 Å². The van der Waals surface area contributed by atoms with E-state index < -0.39 is 0 Å². The molecule has 0 spiro atoms. The highest BCUT2D eigenvalue weighted by atomic mass is 15.2. The van der Waals surface area contributed by atoms with Gasteiger partial charge < -0.3 is 5.73 Å². The smallest absolute Gasteiger partial charge is 0.0218 e. The second kappa shape index (κ2) is 10.7. The van der Waals surface area contributed by atoms with Gasteiger partial charge in [0, 0.05) is 18.6 Å². The van der Waals surface area contributed by atoms with Crippen molar-refractivity contribution in [2.45, 2.75) is 96.1 Å². The van der Waals surface area contributed by atoms with Crippen molar-refractivity contribution in [2.24, 2.45) is 5.73 Å². The Morgan fingerprint density at radius 1 is 1.00 bits per heavy atom. The van der Waals surface area contributed by atoms with Gasteiger partial charge in [-0.3, -0.25) is 4.90 Å². The Labute approximate surface area is 121 Å². The molecule has 2 heteroatoms. The Hall–Kier alpha value is -0.0800. The van der Waals surface area contributed by atoms with Crippen LogP contribution in [-0.2, 0) is 0 Å². The van der Waals surface area contributed by atoms with E-state index in [1.54, 1.807) is 0 Å². The summed E-state index contributed by atoms with van der Waals surface area (Å²) in [6, 6.07) is 1.41. The zero-order valence-electron chi connectivity index (χ0n) is 13.4. The Balaban J connectivity index is 2.26. The molecule has 0 aromatic carbocycles. The molecule has 0 heterocycles. The van der Waals surface area contributed by atoms with E-state index >= 15 is 0 Å². The maximum Gasteiger partial charge on any atom is 0.0218 e. The first-order valence-electron chi connectivity index (χ1n) is 8.71. The average molecular weight is 268 g/mol. The summed E-state index contributed by atoms with van der Waals surface area (Å²) in [7, 11) is 2.32. The van der Waals surface area contributed by atoms with E-state index in [-0.39, 0.29) is 0 Å². The van der Waals surface area contributed by atoms with E-state index in [0.29, 0.717) is 6.04 Å². The van der Waals surface area contributed by atoms with Gasteiger partial charge in [0.1, 0.15) is 0 Å². The van der Waals surface area contributed by atoms with E-state index in [0.717, 1.165) is 12.6 Å². The molecule has 0 radical (unpaired) electrons. The molecular weight excluding hydrogens is 232 g/mol. The van der Waals surface area contributed by atoms with Gasteiger partial charge in [0.15, 0.2) is 0 Å². The number of hydrogen-bond donors (Lipinski definition) is 1. The molecule has 0 aromatic rings. The molecule has 0 bridgehead atoms. The fraction of sp³-hybridized carbons (Fsp3) is 1.00. The van der Waals surface area contributed by atoms with Gasteiger partial charge in [0.25, 0.3) is 0 Å². The van der Waals surface area contributed by atoms with Crippen molar-refractivity contribution in [1.82, 2.24) is 4.90 Å². The number of likely N-dealkylation sites (N-methyl/N-ethyl adjacent to an activating group) is 1. The number of rotatable bonds is 9. The van der Waals surface area contributed by atoms with Crippen molar-refractivity contribution in [2.75, 3.05) is 13.6 Å². The minimum atomic E-state index is 0.615. The van der Waals surface area contributed by atoms with E-state index in [9.17, 15) is 0 Å². The van der Waals surface area contributed by atoms with Gasteiger partial charge in [-0.2, -0.15) is 0 Å². The van der Waals surface area contributed by atoms with Gasteiger partial charge >= 0.3 is 0 Å². The SMILES string of the molecule is CCCCCCCC(CN)N(C)C1CCCCCC1. The number of unbranched alkanes of at least 4 members (excludes halogenated alkanes) is 4. The van der Waals surface area contributed by atoms with Gasteiger partial charge in [0.2, 0.25) is 0 Å². The minimum absolute atomic E-state index is 0.615. The maximum absolute atomic E-state index is 6.02. The van der Waals surface area contributed by atoms with Crippen LogP contribution in [0, 0.1) is 0 Å². The topological polar surface area (TPSA) is 29.3 Å². The molecule has 0 aliphatic heterocycles. The molecule has 0 amide bonds. The first-order valence-corrected chi connectivity index (χ1v) is 8.71. The molecule has 0 saturated heterocycles. The van der Waals surface area contributed by atoms with E-state index in [4.69, 9.17) is 5.73 Å². The molecule has 1 saturated carbocycles. The Morgan fingerprint density at radius 3 is 2.21 bits per heavy atom. The summed E-state index contributed by atoms with van der Waals surface area (Å²) in [5.74, 6) is 0. The monoisotopic (exact) mass is 268 g/mol. The van der Waals surface area contributed by atoms with Crippen LogP contribution in [-0.4, -0.2) is 30.6 Å². The molecule has 1 rings (SSSR count). The predicted octanol–water partition coefficient (Wildman–Crippen LogP) is 4.33. The second-order valence-corrected chi connectivity index (χ2v) is 6.40. The minimum Gasteiger partial charge on any atom is -0.329 e. The highest BCUT2D eigenvalue weighted by Gasteiger charge is 2.22. The molecule has 2 N–H and O–H groups in total. The summed E-state index contributed by atoms with van der Waals surface area (Å²) in [6.07, 6.45) is 16.7. The first-order chi connectivity index (χ1) is 9.29. The first kappa shape index (κ1) is 17.0. The van der Waals surface area contributed by atoms with Gasteiger partial charge in [-0.15, -0.1) is 0 Å². The average Bonchev–Trinajstić information content (AvgIpc) is 2.71. The maximum atomic E-state index is 6.02. The number of nitrogens with two attached hydrogens (primary N) is 1. The summed E-state index contributed by atoms with van der Waals surface area (Å²) < 4.78 is 0. The normalized spacial score (nSPS) is 19.6. The van der Waals surface area contributed by atoms with Crippen LogP contribution < -0.4 is 5.73 Å². The Morgan fingerprint density at radius 2 is 1.63 bits per heavy atom. The van der Waals surface area contributed by atoms with Crippen LogP contribution in [0.25, 0.3) is 0 Å². The highest BCUT2D eigenvalue weighted by molar-refractivity contribution is 4.79. The molecule has 114 valence electrons. The van der Waals surface area contributed by atoms with Gasteiger partial charge in [-0.25, -0.2) is 0 Å². The standard InChI is InChI=1S/C17H36N2/c1-3-4-5-6-11-14-17(15-18)19(2)16-12-9-7-8-10-13-16/h16-17H,3-15,18H2,1-2H3. The summed E-state index contributed by atoms with van der Waals surface area (Å²) >= 11 is 0. The Kier molecular flexibility index (Phi) is 9.54. The quantitative estimate of drug-likeness (QED) is 0.498. The van der Waals surface area contributed by atoms with Crippen molar-refractivity contribution in [1.29, 1.82) is 0 Å². The van der Waals surface area contributed by atoms with Crippen molar-refractivity contribution >= 4 is 0 Å². The number of nitrogens with zero attached hydrogens (tertiary/aromatic N) is 1. The molecule has 1 fully saturated rings. The van der Waals surface area contributed by atoms with Crippen molar-refractivity contribution in [3.63, 3.8) is 0 Å². The van der Waals surface area contributed by atoms with Gasteiger partial charge in [0.05, 0.1) is 0 Å². The predicted molar refractivity (Wildman–Crippen MR) is 85.5 cm³/mol. The summed E-state index contributed by atoms with van der Waals surface area (Å²) in [5, 5.41) is 0. The molecular formula is C17H36N2. The van der Waals surface area contributed by atoms with Crippen molar-refractivity contribution in [3.05, 3.63) is 0 Å². The fourth-order valence-corrected chi connectivity index (χ4v) is 3.43. The van der Waals surface area contributed by atoms with Crippen LogP contribution in [0.1, 0.15) is 84.0 Å². The molecule has 1 unspecified atom stereocenters. The van der Waals surface area contributed by atoms with E-state index in [2.05, 4.69) is 18.9 Å². The summed E-state index contributed by atoms with van der Waals surface area (Å²) in [5.41, 5.74) is 6.02. The third kappa shape index (κ3) is 6.76. The third-order valence-electron chi connectivity index (χ3n) is 4.89. The lowest BCUT2D eigenvalue weighted by molar-refractivity contribution is 0.151. The molecule has 19 heavy (non-hydrogen) atoms.